The summed E-state index contributed by atoms with van der Waals surface area (Å²) in [6, 6.07) is 22.7. The number of hydrogen-bond donors (Lipinski definition) is 0. The molecule has 0 aliphatic heterocycles. The van der Waals surface area contributed by atoms with Crippen LogP contribution in [0.5, 0.6) is 0 Å². The molecule has 0 N–H and O–H groups in total. The molecule has 0 unspecified atom stereocenters. The van der Waals surface area contributed by atoms with E-state index in [9.17, 15) is 16.8 Å². The summed E-state index contributed by atoms with van der Waals surface area (Å²) < 4.78 is 51.4. The number of hydrogen-bond acceptors (Lipinski definition) is 4. The Hall–Kier alpha value is -2.44. The predicted molar refractivity (Wildman–Crippen MR) is 106 cm³/mol. The van der Waals surface area contributed by atoms with Crippen LogP contribution in [-0.2, 0) is 26.1 Å². The van der Waals surface area contributed by atoms with Crippen molar-refractivity contribution in [2.45, 2.75) is 27.7 Å². The molecule has 0 aliphatic rings. The molecule has 0 amide bonds. The molecular formula is C21H20O4S2. The van der Waals surface area contributed by atoms with Gasteiger partial charge in [-0.15, -0.1) is 0 Å². The van der Waals surface area contributed by atoms with E-state index in [-0.39, 0.29) is 16.2 Å². The van der Waals surface area contributed by atoms with Crippen LogP contribution in [0.4, 0.5) is 0 Å². The van der Waals surface area contributed by atoms with E-state index in [2.05, 4.69) is 0 Å². The molecule has 0 fully saturated rings. The van der Waals surface area contributed by atoms with E-state index in [1.54, 1.807) is 48.5 Å². The van der Waals surface area contributed by atoms with Crippen molar-refractivity contribution in [3.05, 3.63) is 96.1 Å². The van der Waals surface area contributed by atoms with Crippen LogP contribution in [0.15, 0.2) is 94.7 Å². The smallest absolute Gasteiger partial charge is 0.196 e. The molecule has 4 nitrogen and oxygen atoms in total. The summed E-state index contributed by atoms with van der Waals surface area (Å²) in [6.45, 7) is 1.88. The molecular weight excluding hydrogens is 380 g/mol. The monoisotopic (exact) mass is 400 g/mol. The summed E-state index contributed by atoms with van der Waals surface area (Å²) in [4.78, 5) is 0.00400. The van der Waals surface area contributed by atoms with Crippen LogP contribution in [0.2, 0.25) is 0 Å². The molecule has 0 radical (unpaired) electrons. The van der Waals surface area contributed by atoms with Crippen molar-refractivity contribution in [1.82, 2.24) is 0 Å². The summed E-state index contributed by atoms with van der Waals surface area (Å²) in [7, 11) is -8.21. The highest BCUT2D eigenvalue weighted by Gasteiger charge is 2.39. The van der Waals surface area contributed by atoms with Crippen molar-refractivity contribution in [2.24, 2.45) is 0 Å². The molecule has 0 saturated heterocycles. The minimum Gasteiger partial charge on any atom is -0.222 e. The van der Waals surface area contributed by atoms with Gasteiger partial charge in [0.15, 0.2) is 24.3 Å². The van der Waals surface area contributed by atoms with Crippen LogP contribution < -0.4 is 0 Å². The molecule has 0 saturated carbocycles. The number of benzene rings is 3. The Morgan fingerprint density at radius 2 is 1.15 bits per heavy atom. The third kappa shape index (κ3) is 4.12. The predicted octanol–water partition coefficient (Wildman–Crippen LogP) is 3.81. The van der Waals surface area contributed by atoms with Gasteiger partial charge in [-0.05, 0) is 36.8 Å². The van der Waals surface area contributed by atoms with Crippen molar-refractivity contribution in [1.29, 1.82) is 0 Å². The van der Waals surface area contributed by atoms with Gasteiger partial charge in [0.25, 0.3) is 0 Å². The Morgan fingerprint density at radius 1 is 0.667 bits per heavy atom. The third-order valence-electron chi connectivity index (χ3n) is 4.32. The fourth-order valence-electron chi connectivity index (χ4n) is 2.94. The zero-order valence-corrected chi connectivity index (χ0v) is 16.4. The lowest BCUT2D eigenvalue weighted by Gasteiger charge is -2.19. The molecule has 27 heavy (non-hydrogen) atoms. The average molecular weight is 401 g/mol. The van der Waals surface area contributed by atoms with Gasteiger partial charge in [-0.3, -0.25) is 0 Å². The van der Waals surface area contributed by atoms with Crippen LogP contribution in [0.3, 0.4) is 0 Å². The highest BCUT2D eigenvalue weighted by atomic mass is 32.3. The molecule has 0 bridgehead atoms. The second kappa shape index (κ2) is 7.66. The molecule has 6 heteroatoms. The SMILES string of the molecule is Cc1cccc(CC(S(=O)(=O)c2ccccc2)S(=O)(=O)c2ccccc2)c1. The lowest BCUT2D eigenvalue weighted by Crippen LogP contribution is -2.33. The lowest BCUT2D eigenvalue weighted by molar-refractivity contribution is 0.573. The maximum Gasteiger partial charge on any atom is 0.196 e. The van der Waals surface area contributed by atoms with Gasteiger partial charge >= 0.3 is 0 Å². The van der Waals surface area contributed by atoms with Crippen LogP contribution in [0, 0.1) is 6.92 Å². The van der Waals surface area contributed by atoms with E-state index in [0.717, 1.165) is 5.56 Å². The van der Waals surface area contributed by atoms with Crippen molar-refractivity contribution in [3.8, 4) is 0 Å². The standard InChI is InChI=1S/C21H20O4S2/c1-17-9-8-10-18(15-17)16-21(26(22,23)19-11-4-2-5-12-19)27(24,25)20-13-6-3-7-14-20/h2-15,21H,16H2,1H3. The maximum atomic E-state index is 13.3. The number of aryl methyl sites for hydroxylation is 1. The van der Waals surface area contributed by atoms with Crippen LogP contribution in [-0.4, -0.2) is 21.4 Å². The molecule has 3 aromatic rings. The highest BCUT2D eigenvalue weighted by molar-refractivity contribution is 8.09. The van der Waals surface area contributed by atoms with Gasteiger partial charge in [-0.2, -0.15) is 0 Å². The second-order valence-corrected chi connectivity index (χ2v) is 10.9. The quantitative estimate of drug-likeness (QED) is 0.631. The van der Waals surface area contributed by atoms with Gasteiger partial charge in [0.05, 0.1) is 9.79 Å². The molecule has 3 rings (SSSR count). The fourth-order valence-corrected chi connectivity index (χ4v) is 7.45. The topological polar surface area (TPSA) is 68.3 Å². The van der Waals surface area contributed by atoms with E-state index in [0.29, 0.717) is 5.56 Å². The Kier molecular flexibility index (Phi) is 5.48. The zero-order valence-electron chi connectivity index (χ0n) is 14.8. The fraction of sp³-hybridized carbons (Fsp3) is 0.143. The normalized spacial score (nSPS) is 12.2. The minimum atomic E-state index is -4.11. The molecule has 0 spiro atoms. The number of sulfone groups is 2. The minimum absolute atomic E-state index is 0.00200. The molecule has 0 heterocycles. The zero-order chi connectivity index (χ0) is 19.5. The van der Waals surface area contributed by atoms with Gasteiger partial charge in [0.1, 0.15) is 0 Å². The van der Waals surface area contributed by atoms with Crippen LogP contribution in [0.25, 0.3) is 0 Å². The van der Waals surface area contributed by atoms with Gasteiger partial charge in [0.2, 0.25) is 0 Å². The van der Waals surface area contributed by atoms with Crippen molar-refractivity contribution in [2.75, 3.05) is 0 Å². The second-order valence-electron chi connectivity index (χ2n) is 6.34. The third-order valence-corrected chi connectivity index (χ3v) is 9.42. The first-order valence-electron chi connectivity index (χ1n) is 8.45. The average Bonchev–Trinajstić information content (AvgIpc) is 2.67. The maximum absolute atomic E-state index is 13.3. The van der Waals surface area contributed by atoms with Crippen molar-refractivity contribution in [3.63, 3.8) is 0 Å². The van der Waals surface area contributed by atoms with Crippen molar-refractivity contribution < 1.29 is 16.8 Å². The van der Waals surface area contributed by atoms with Gasteiger partial charge in [0, 0.05) is 6.42 Å². The first kappa shape index (κ1) is 19.3. The van der Waals surface area contributed by atoms with Gasteiger partial charge in [-0.25, -0.2) is 16.8 Å². The summed E-state index contributed by atoms with van der Waals surface area (Å²) in [5.41, 5.74) is 1.61. The highest BCUT2D eigenvalue weighted by Crippen LogP contribution is 2.28. The molecule has 0 aliphatic carbocycles. The summed E-state index contributed by atoms with van der Waals surface area (Å²) in [5, 5.41) is 0. The molecule has 0 atom stereocenters. The lowest BCUT2D eigenvalue weighted by atomic mass is 10.1. The molecule has 140 valence electrons. The van der Waals surface area contributed by atoms with Gasteiger partial charge in [-0.1, -0.05) is 66.2 Å². The van der Waals surface area contributed by atoms with Crippen LogP contribution in [0.1, 0.15) is 11.1 Å². The Bertz CT molecular complexity index is 1050. The van der Waals surface area contributed by atoms with E-state index < -0.39 is 24.3 Å². The summed E-state index contributed by atoms with van der Waals surface area (Å²) >= 11 is 0. The van der Waals surface area contributed by atoms with E-state index in [1.807, 2.05) is 19.1 Å². The van der Waals surface area contributed by atoms with Crippen LogP contribution >= 0.6 is 0 Å². The van der Waals surface area contributed by atoms with E-state index in [1.165, 1.54) is 24.3 Å². The first-order valence-corrected chi connectivity index (χ1v) is 11.5. The summed E-state index contributed by atoms with van der Waals surface area (Å²) in [5.74, 6) is 0. The largest absolute Gasteiger partial charge is 0.222 e. The number of rotatable bonds is 6. The van der Waals surface area contributed by atoms with E-state index >= 15 is 0 Å². The van der Waals surface area contributed by atoms with Gasteiger partial charge < -0.3 is 0 Å². The van der Waals surface area contributed by atoms with E-state index in [4.69, 9.17) is 0 Å². The first-order chi connectivity index (χ1) is 12.8. The Labute approximate surface area is 160 Å². The molecule has 3 aromatic carbocycles. The van der Waals surface area contributed by atoms with Crippen molar-refractivity contribution >= 4 is 19.7 Å². The Balaban J connectivity index is 2.15. The Morgan fingerprint density at radius 3 is 1.59 bits per heavy atom. The summed E-state index contributed by atoms with van der Waals surface area (Å²) in [6.07, 6.45) is -0.115. The molecule has 0 aromatic heterocycles.